The third-order valence-electron chi connectivity index (χ3n) is 6.17. The van der Waals surface area contributed by atoms with Crippen molar-refractivity contribution in [3.63, 3.8) is 0 Å². The van der Waals surface area contributed by atoms with Crippen molar-refractivity contribution in [2.75, 3.05) is 6.61 Å². The number of rotatable bonds is 6. The maximum Gasteiger partial charge on any atom is 0.336 e. The monoisotopic (exact) mass is 486 g/mol. The van der Waals surface area contributed by atoms with E-state index in [1.165, 1.54) is 18.4 Å². The Kier molecular flexibility index (Phi) is 5.85. The molecule has 0 aliphatic carbocycles. The molecule has 5 rings (SSSR count). The Balaban J connectivity index is 1.46. The Labute approximate surface area is 205 Å². The van der Waals surface area contributed by atoms with E-state index in [1.807, 2.05) is 6.07 Å². The highest BCUT2D eigenvalue weighted by molar-refractivity contribution is 6.21. The minimum Gasteiger partial charge on any atom is -0.469 e. The number of nitrogens with zero attached hydrogens (tertiary/aromatic N) is 2. The SMILES string of the molecule is CCOC(=O)C1=C(C)NC2=N/C(=C\c3ccc(-c4ccc([N+](=O)[O-])cc4)[nH]3)C(=O)C2C1c1ccco1. The number of Topliss-reactive ketones (excluding diaryl/α,β-unsaturated/α-hetero) is 1. The number of nitro groups is 1. The van der Waals surface area contributed by atoms with Crippen LogP contribution in [0.5, 0.6) is 0 Å². The summed E-state index contributed by atoms with van der Waals surface area (Å²) < 4.78 is 10.9. The molecule has 182 valence electrons. The van der Waals surface area contributed by atoms with Crippen molar-refractivity contribution in [2.45, 2.75) is 19.8 Å². The molecule has 0 bridgehead atoms. The molecule has 4 heterocycles. The van der Waals surface area contributed by atoms with Crippen LogP contribution in [0, 0.1) is 16.0 Å². The van der Waals surface area contributed by atoms with Gasteiger partial charge in [0, 0.05) is 29.2 Å². The van der Waals surface area contributed by atoms with Crippen LogP contribution >= 0.6 is 0 Å². The fourth-order valence-corrected chi connectivity index (χ4v) is 4.55. The highest BCUT2D eigenvalue weighted by Gasteiger charge is 2.48. The summed E-state index contributed by atoms with van der Waals surface area (Å²) in [7, 11) is 0. The van der Waals surface area contributed by atoms with Crippen LogP contribution in [0.15, 0.2) is 81.2 Å². The number of ketones is 1. The highest BCUT2D eigenvalue weighted by Crippen LogP contribution is 2.42. The first kappa shape index (κ1) is 23.0. The van der Waals surface area contributed by atoms with Crippen molar-refractivity contribution in [3.05, 3.63) is 93.3 Å². The summed E-state index contributed by atoms with van der Waals surface area (Å²) in [6.07, 6.45) is 3.14. The molecule has 2 unspecified atom stereocenters. The van der Waals surface area contributed by atoms with Gasteiger partial charge in [-0.05, 0) is 61.9 Å². The molecule has 0 spiro atoms. The Morgan fingerprint density at radius 3 is 2.64 bits per heavy atom. The van der Waals surface area contributed by atoms with E-state index in [1.54, 1.807) is 50.3 Å². The Morgan fingerprint density at radius 2 is 1.97 bits per heavy atom. The number of non-ortho nitro benzene ring substituents is 1. The molecular formula is C26H22N4O6. The van der Waals surface area contributed by atoms with Gasteiger partial charge in [-0.3, -0.25) is 14.9 Å². The first-order valence-corrected chi connectivity index (χ1v) is 11.3. The molecular weight excluding hydrogens is 464 g/mol. The van der Waals surface area contributed by atoms with Crippen molar-refractivity contribution < 1.29 is 23.7 Å². The number of esters is 1. The summed E-state index contributed by atoms with van der Waals surface area (Å²) in [5.74, 6) is -1.26. The van der Waals surface area contributed by atoms with E-state index in [4.69, 9.17) is 9.15 Å². The number of carbonyl (C=O) groups is 2. The van der Waals surface area contributed by atoms with Crippen LogP contribution in [0.3, 0.4) is 0 Å². The third kappa shape index (κ3) is 4.02. The lowest BCUT2D eigenvalue weighted by molar-refractivity contribution is -0.384. The predicted octanol–water partition coefficient (Wildman–Crippen LogP) is 4.35. The maximum atomic E-state index is 13.5. The largest absolute Gasteiger partial charge is 0.469 e. The molecule has 0 saturated heterocycles. The molecule has 1 aromatic carbocycles. The van der Waals surface area contributed by atoms with E-state index in [2.05, 4.69) is 15.3 Å². The van der Waals surface area contributed by atoms with Crippen LogP contribution in [-0.2, 0) is 14.3 Å². The summed E-state index contributed by atoms with van der Waals surface area (Å²) in [4.78, 5) is 44.5. The van der Waals surface area contributed by atoms with Gasteiger partial charge >= 0.3 is 5.97 Å². The number of aromatic amines is 1. The number of aromatic nitrogens is 1. The molecule has 0 saturated carbocycles. The first-order valence-electron chi connectivity index (χ1n) is 11.3. The fourth-order valence-electron chi connectivity index (χ4n) is 4.55. The Bertz CT molecular complexity index is 1440. The van der Waals surface area contributed by atoms with Crippen LogP contribution in [-0.4, -0.2) is 34.1 Å². The highest BCUT2D eigenvalue weighted by atomic mass is 16.6. The summed E-state index contributed by atoms with van der Waals surface area (Å²) >= 11 is 0. The average Bonchev–Trinajstić information content (AvgIpc) is 3.60. The standard InChI is InChI=1S/C26H22N4O6/c1-3-35-26(32)21-14(2)27-25-23(22(21)20-5-4-12-36-20)24(31)19(29-25)13-16-8-11-18(28-16)15-6-9-17(10-7-15)30(33)34/h4-13,22-23,28H,3H2,1-2H3,(H,27,29)/b19-13-. The van der Waals surface area contributed by atoms with Crippen molar-refractivity contribution in [2.24, 2.45) is 10.9 Å². The Morgan fingerprint density at radius 1 is 1.19 bits per heavy atom. The zero-order valence-corrected chi connectivity index (χ0v) is 19.5. The molecule has 2 aromatic heterocycles. The second-order valence-electron chi connectivity index (χ2n) is 8.38. The summed E-state index contributed by atoms with van der Waals surface area (Å²) in [6, 6.07) is 13.2. The van der Waals surface area contributed by atoms with Gasteiger partial charge in [0.05, 0.1) is 35.2 Å². The number of ether oxygens (including phenoxy) is 1. The van der Waals surface area contributed by atoms with Gasteiger partial charge in [-0.15, -0.1) is 0 Å². The molecule has 2 atom stereocenters. The number of amidine groups is 1. The van der Waals surface area contributed by atoms with Gasteiger partial charge < -0.3 is 19.5 Å². The van der Waals surface area contributed by atoms with Crippen LogP contribution in [0.1, 0.15) is 31.2 Å². The lowest BCUT2D eigenvalue weighted by Crippen LogP contribution is -2.42. The number of hydrogen-bond acceptors (Lipinski definition) is 8. The Hall–Kier alpha value is -4.73. The second kappa shape index (κ2) is 9.14. The molecule has 36 heavy (non-hydrogen) atoms. The molecule has 2 aliphatic heterocycles. The number of carbonyl (C=O) groups excluding carboxylic acids is 2. The zero-order chi connectivity index (χ0) is 25.4. The topological polar surface area (TPSA) is 140 Å². The van der Waals surface area contributed by atoms with E-state index < -0.39 is 22.7 Å². The van der Waals surface area contributed by atoms with Gasteiger partial charge in [-0.25, -0.2) is 9.79 Å². The molecule has 2 aliphatic rings. The smallest absolute Gasteiger partial charge is 0.336 e. The van der Waals surface area contributed by atoms with Gasteiger partial charge in [0.25, 0.3) is 5.69 Å². The van der Waals surface area contributed by atoms with Crippen LogP contribution in [0.25, 0.3) is 17.3 Å². The van der Waals surface area contributed by atoms with Crippen molar-refractivity contribution >= 4 is 29.4 Å². The fraction of sp³-hybridized carbons (Fsp3) is 0.192. The maximum absolute atomic E-state index is 13.5. The minimum atomic E-state index is -0.755. The van der Waals surface area contributed by atoms with Gasteiger partial charge in [-0.2, -0.15) is 0 Å². The number of allylic oxidation sites excluding steroid dienone is 2. The molecule has 3 aromatic rings. The second-order valence-corrected chi connectivity index (χ2v) is 8.38. The average molecular weight is 486 g/mol. The summed E-state index contributed by atoms with van der Waals surface area (Å²) in [6.45, 7) is 3.67. The van der Waals surface area contributed by atoms with Crippen molar-refractivity contribution in [3.8, 4) is 11.3 Å². The lowest BCUT2D eigenvalue weighted by Gasteiger charge is -2.30. The predicted molar refractivity (Wildman–Crippen MR) is 131 cm³/mol. The first-order chi connectivity index (χ1) is 17.4. The normalized spacial score (nSPS) is 20.2. The number of hydrogen-bond donors (Lipinski definition) is 2. The van der Waals surface area contributed by atoms with Gasteiger partial charge in [0.2, 0.25) is 0 Å². The molecule has 0 fully saturated rings. The number of nitro benzene ring substituents is 1. The van der Waals surface area contributed by atoms with Gasteiger partial charge in [-0.1, -0.05) is 0 Å². The number of furan rings is 1. The van der Waals surface area contributed by atoms with E-state index in [9.17, 15) is 19.7 Å². The molecule has 0 radical (unpaired) electrons. The zero-order valence-electron chi connectivity index (χ0n) is 19.5. The van der Waals surface area contributed by atoms with Crippen LogP contribution in [0.4, 0.5) is 5.69 Å². The number of benzene rings is 1. The van der Waals surface area contributed by atoms with Gasteiger partial charge in [0.15, 0.2) is 5.78 Å². The van der Waals surface area contributed by atoms with E-state index in [-0.39, 0.29) is 23.8 Å². The molecule has 0 amide bonds. The van der Waals surface area contributed by atoms with Crippen LogP contribution in [0.2, 0.25) is 0 Å². The summed E-state index contributed by atoms with van der Waals surface area (Å²) in [5.41, 5.74) is 3.27. The molecule has 2 N–H and O–H groups in total. The van der Waals surface area contributed by atoms with E-state index in [0.717, 1.165) is 11.3 Å². The molecule has 10 nitrogen and oxygen atoms in total. The van der Waals surface area contributed by atoms with E-state index >= 15 is 0 Å². The third-order valence-corrected chi connectivity index (χ3v) is 6.17. The van der Waals surface area contributed by atoms with E-state index in [0.29, 0.717) is 28.6 Å². The number of aliphatic imine (C=N–C) groups is 1. The summed E-state index contributed by atoms with van der Waals surface area (Å²) in [5, 5.41) is 14.0. The quantitative estimate of drug-likeness (QED) is 0.228. The van der Waals surface area contributed by atoms with Gasteiger partial charge in [0.1, 0.15) is 17.3 Å². The van der Waals surface area contributed by atoms with Crippen LogP contribution < -0.4 is 5.32 Å². The number of H-pyrrole nitrogens is 1. The minimum absolute atomic E-state index is 0.00679. The van der Waals surface area contributed by atoms with Crippen molar-refractivity contribution in [1.29, 1.82) is 0 Å². The number of nitrogens with one attached hydrogen (secondary N) is 2. The van der Waals surface area contributed by atoms with Crippen molar-refractivity contribution in [1.82, 2.24) is 10.3 Å². The lowest BCUT2D eigenvalue weighted by atomic mass is 9.77. The molecule has 10 heteroatoms. The number of fused-ring (bicyclic) bond motifs is 1.